The van der Waals surface area contributed by atoms with E-state index in [-0.39, 0.29) is 10.6 Å². The summed E-state index contributed by atoms with van der Waals surface area (Å²) in [5.41, 5.74) is 4.04. The second-order valence-electron chi connectivity index (χ2n) is 6.15. The number of nitrogens with one attached hydrogen (secondary N) is 1. The molecule has 5 heteroatoms. The maximum Gasteiger partial charge on any atom is 0.261 e. The maximum absolute atomic E-state index is 12.6. The first-order valence-corrected chi connectivity index (χ1v) is 9.30. The van der Waals surface area contributed by atoms with Crippen molar-refractivity contribution in [1.82, 2.24) is 0 Å². The Morgan fingerprint density at radius 1 is 1.00 bits per heavy atom. The molecule has 0 unspecified atom stereocenters. The SMILES string of the molecule is Cc1ccc(NS(=O)(=O)c2ccc3c(c2)CCCC3)c(C)c1O. The van der Waals surface area contributed by atoms with Crippen molar-refractivity contribution in [3.8, 4) is 5.75 Å². The van der Waals surface area contributed by atoms with E-state index in [2.05, 4.69) is 4.72 Å². The van der Waals surface area contributed by atoms with Gasteiger partial charge in [-0.2, -0.15) is 0 Å². The van der Waals surface area contributed by atoms with Crippen molar-refractivity contribution < 1.29 is 13.5 Å². The minimum atomic E-state index is -3.66. The lowest BCUT2D eigenvalue weighted by Crippen LogP contribution is -2.15. The highest BCUT2D eigenvalue weighted by molar-refractivity contribution is 7.92. The Kier molecular flexibility index (Phi) is 4.06. The molecule has 0 radical (unpaired) electrons. The van der Waals surface area contributed by atoms with Gasteiger partial charge >= 0.3 is 0 Å². The summed E-state index contributed by atoms with van der Waals surface area (Å²) in [6.45, 7) is 3.48. The fourth-order valence-electron chi connectivity index (χ4n) is 3.03. The van der Waals surface area contributed by atoms with Gasteiger partial charge in [0.05, 0.1) is 10.6 Å². The van der Waals surface area contributed by atoms with Gasteiger partial charge in [-0.3, -0.25) is 4.72 Å². The number of fused-ring (bicyclic) bond motifs is 1. The number of phenolic OH excluding ortho intramolecular Hbond substituents is 1. The van der Waals surface area contributed by atoms with Gasteiger partial charge in [0.15, 0.2) is 0 Å². The normalized spacial score (nSPS) is 14.3. The number of phenols is 1. The highest BCUT2D eigenvalue weighted by atomic mass is 32.2. The van der Waals surface area contributed by atoms with Crippen molar-refractivity contribution in [2.75, 3.05) is 4.72 Å². The van der Waals surface area contributed by atoms with Gasteiger partial charge in [-0.15, -0.1) is 0 Å². The van der Waals surface area contributed by atoms with Crippen molar-refractivity contribution in [2.24, 2.45) is 0 Å². The van der Waals surface area contributed by atoms with Crippen molar-refractivity contribution >= 4 is 15.7 Å². The smallest absolute Gasteiger partial charge is 0.261 e. The third-order valence-corrected chi connectivity index (χ3v) is 5.87. The van der Waals surface area contributed by atoms with Crippen LogP contribution in [0.1, 0.15) is 35.1 Å². The number of rotatable bonds is 3. The molecule has 0 atom stereocenters. The molecule has 0 bridgehead atoms. The molecular weight excluding hydrogens is 310 g/mol. The van der Waals surface area contributed by atoms with Crippen LogP contribution in [-0.4, -0.2) is 13.5 Å². The number of hydrogen-bond acceptors (Lipinski definition) is 3. The fraction of sp³-hybridized carbons (Fsp3) is 0.333. The first-order valence-electron chi connectivity index (χ1n) is 7.82. The first kappa shape index (κ1) is 15.9. The van der Waals surface area contributed by atoms with Gasteiger partial charge in [0.1, 0.15) is 5.75 Å². The van der Waals surface area contributed by atoms with Crippen molar-refractivity contribution in [3.05, 3.63) is 52.6 Å². The van der Waals surface area contributed by atoms with Crippen LogP contribution in [0, 0.1) is 13.8 Å². The third-order valence-electron chi connectivity index (χ3n) is 4.51. The predicted octanol–water partition coefficient (Wildman–Crippen LogP) is 3.69. The number of aryl methyl sites for hydroxylation is 3. The number of benzene rings is 2. The van der Waals surface area contributed by atoms with Crippen molar-refractivity contribution in [3.63, 3.8) is 0 Å². The molecule has 0 aromatic heterocycles. The van der Waals surface area contributed by atoms with Gasteiger partial charge in [0, 0.05) is 5.56 Å². The standard InChI is InChI=1S/C18H21NO3S/c1-12-7-10-17(13(2)18(12)20)19-23(21,22)16-9-8-14-5-3-4-6-15(14)11-16/h7-11,19-20H,3-6H2,1-2H3. The quantitative estimate of drug-likeness (QED) is 0.901. The van der Waals surface area contributed by atoms with Crippen LogP contribution < -0.4 is 4.72 Å². The molecule has 2 N–H and O–H groups in total. The van der Waals surface area contributed by atoms with Gasteiger partial charge in [0.2, 0.25) is 0 Å². The maximum atomic E-state index is 12.6. The van der Waals surface area contributed by atoms with E-state index in [0.717, 1.165) is 30.4 Å². The minimum Gasteiger partial charge on any atom is -0.507 e. The Morgan fingerprint density at radius 3 is 2.43 bits per heavy atom. The van der Waals surface area contributed by atoms with Gasteiger partial charge in [-0.05, 0) is 74.4 Å². The summed E-state index contributed by atoms with van der Waals surface area (Å²) in [5.74, 6) is 0.121. The molecule has 0 amide bonds. The number of hydrogen-bond donors (Lipinski definition) is 2. The minimum absolute atomic E-state index is 0.121. The van der Waals surface area contributed by atoms with Crippen molar-refractivity contribution in [1.29, 1.82) is 0 Å². The van der Waals surface area contributed by atoms with E-state index in [9.17, 15) is 13.5 Å². The van der Waals surface area contributed by atoms with E-state index in [1.807, 2.05) is 6.07 Å². The average Bonchev–Trinajstić information content (AvgIpc) is 2.55. The zero-order valence-electron chi connectivity index (χ0n) is 13.4. The van der Waals surface area contributed by atoms with Gasteiger partial charge in [-0.1, -0.05) is 12.1 Å². The molecule has 122 valence electrons. The molecule has 4 nitrogen and oxygen atoms in total. The van der Waals surface area contributed by atoms with Crippen molar-refractivity contribution in [2.45, 2.75) is 44.4 Å². The van der Waals surface area contributed by atoms with Gasteiger partial charge in [-0.25, -0.2) is 8.42 Å². The summed E-state index contributed by atoms with van der Waals surface area (Å²) in [6.07, 6.45) is 4.23. The largest absolute Gasteiger partial charge is 0.507 e. The van der Waals surface area contributed by atoms with E-state index >= 15 is 0 Å². The molecule has 23 heavy (non-hydrogen) atoms. The fourth-order valence-corrected chi connectivity index (χ4v) is 4.20. The summed E-state index contributed by atoms with van der Waals surface area (Å²) in [4.78, 5) is 0.276. The van der Waals surface area contributed by atoms with Crippen LogP contribution >= 0.6 is 0 Å². The van der Waals surface area contributed by atoms with Crippen LogP contribution in [0.2, 0.25) is 0 Å². The lowest BCUT2D eigenvalue weighted by molar-refractivity contribution is 0.467. The molecule has 1 aliphatic carbocycles. The summed E-state index contributed by atoms with van der Waals surface area (Å²) >= 11 is 0. The summed E-state index contributed by atoms with van der Waals surface area (Å²) in [6, 6.07) is 8.74. The van der Waals surface area contributed by atoms with Crippen LogP contribution in [0.15, 0.2) is 35.2 Å². The molecule has 1 aliphatic rings. The summed E-state index contributed by atoms with van der Waals surface area (Å²) in [5, 5.41) is 9.98. The topological polar surface area (TPSA) is 66.4 Å². The molecule has 2 aromatic rings. The van der Waals surface area contributed by atoms with E-state index < -0.39 is 10.0 Å². The van der Waals surface area contributed by atoms with Crippen LogP contribution in [0.25, 0.3) is 0 Å². The van der Waals surface area contributed by atoms with Crippen LogP contribution in [-0.2, 0) is 22.9 Å². The predicted molar refractivity (Wildman–Crippen MR) is 91.5 cm³/mol. The first-order chi connectivity index (χ1) is 10.9. The molecule has 0 spiro atoms. The zero-order chi connectivity index (χ0) is 16.6. The summed E-state index contributed by atoms with van der Waals surface area (Å²) < 4.78 is 27.9. The molecule has 0 fully saturated rings. The second kappa shape index (κ2) is 5.89. The van der Waals surface area contributed by atoms with E-state index in [0.29, 0.717) is 11.3 Å². The molecule has 0 aliphatic heterocycles. The average molecular weight is 331 g/mol. The Balaban J connectivity index is 1.95. The monoisotopic (exact) mass is 331 g/mol. The molecular formula is C18H21NO3S. The highest BCUT2D eigenvalue weighted by Gasteiger charge is 2.19. The molecule has 0 saturated carbocycles. The Labute approximate surface area is 137 Å². The molecule has 2 aromatic carbocycles. The second-order valence-corrected chi connectivity index (χ2v) is 7.83. The lowest BCUT2D eigenvalue weighted by atomic mass is 9.92. The summed E-state index contributed by atoms with van der Waals surface area (Å²) in [7, 11) is -3.66. The van der Waals surface area contributed by atoms with Crippen LogP contribution in [0.5, 0.6) is 5.75 Å². The zero-order valence-corrected chi connectivity index (χ0v) is 14.2. The van der Waals surface area contributed by atoms with Gasteiger partial charge < -0.3 is 5.11 Å². The third kappa shape index (κ3) is 3.06. The number of anilines is 1. The van der Waals surface area contributed by atoms with Crippen LogP contribution in [0.4, 0.5) is 5.69 Å². The lowest BCUT2D eigenvalue weighted by Gasteiger charge is -2.17. The Bertz CT molecular complexity index is 857. The highest BCUT2D eigenvalue weighted by Crippen LogP contribution is 2.30. The molecule has 0 saturated heterocycles. The van der Waals surface area contributed by atoms with E-state index in [1.165, 1.54) is 12.0 Å². The molecule has 3 rings (SSSR count). The van der Waals surface area contributed by atoms with Gasteiger partial charge in [0.25, 0.3) is 10.0 Å². The van der Waals surface area contributed by atoms with E-state index in [1.54, 1.807) is 38.1 Å². The van der Waals surface area contributed by atoms with E-state index in [4.69, 9.17) is 0 Å². The Hall–Kier alpha value is -2.01. The number of sulfonamides is 1. The van der Waals surface area contributed by atoms with Crippen LogP contribution in [0.3, 0.4) is 0 Å². The molecule has 0 heterocycles. The Morgan fingerprint density at radius 2 is 1.70 bits per heavy atom. The number of aromatic hydroxyl groups is 1.